The predicted molar refractivity (Wildman–Crippen MR) is 72.8 cm³/mol. The van der Waals surface area contributed by atoms with Gasteiger partial charge in [-0.1, -0.05) is 6.07 Å². The molecule has 2 rings (SSSR count). The van der Waals surface area contributed by atoms with Crippen LogP contribution in [0.15, 0.2) is 23.8 Å². The van der Waals surface area contributed by atoms with E-state index < -0.39 is 0 Å². The SMILES string of the molecule is N#CC(=Cc1ccc(O)c(O)c1)C(=O)N1CCNCC1. The van der Waals surface area contributed by atoms with Crippen LogP contribution in [0.2, 0.25) is 0 Å². The quantitative estimate of drug-likeness (QED) is 0.412. The second kappa shape index (κ2) is 6.08. The van der Waals surface area contributed by atoms with Crippen molar-refractivity contribution in [1.82, 2.24) is 10.2 Å². The van der Waals surface area contributed by atoms with Gasteiger partial charge >= 0.3 is 0 Å². The minimum Gasteiger partial charge on any atom is -0.504 e. The van der Waals surface area contributed by atoms with Crippen LogP contribution >= 0.6 is 0 Å². The largest absolute Gasteiger partial charge is 0.504 e. The fourth-order valence-corrected chi connectivity index (χ4v) is 1.98. The van der Waals surface area contributed by atoms with Gasteiger partial charge in [0.25, 0.3) is 5.91 Å². The highest BCUT2D eigenvalue weighted by Gasteiger charge is 2.20. The number of aromatic hydroxyl groups is 2. The highest BCUT2D eigenvalue weighted by atomic mass is 16.3. The van der Waals surface area contributed by atoms with Gasteiger partial charge in [-0.2, -0.15) is 5.26 Å². The van der Waals surface area contributed by atoms with Gasteiger partial charge in [-0.15, -0.1) is 0 Å². The first-order chi connectivity index (χ1) is 9.61. The van der Waals surface area contributed by atoms with Crippen LogP contribution in [0.25, 0.3) is 6.08 Å². The van der Waals surface area contributed by atoms with Gasteiger partial charge in [0.1, 0.15) is 11.6 Å². The third-order valence-corrected chi connectivity index (χ3v) is 3.07. The van der Waals surface area contributed by atoms with E-state index in [0.29, 0.717) is 31.7 Å². The molecular formula is C14H15N3O3. The van der Waals surface area contributed by atoms with Crippen LogP contribution in [0, 0.1) is 11.3 Å². The van der Waals surface area contributed by atoms with Crippen LogP contribution in [0.5, 0.6) is 11.5 Å². The number of nitrogens with zero attached hydrogens (tertiary/aromatic N) is 2. The number of rotatable bonds is 2. The molecule has 0 aliphatic carbocycles. The Balaban J connectivity index is 2.22. The van der Waals surface area contributed by atoms with E-state index in [2.05, 4.69) is 5.32 Å². The summed E-state index contributed by atoms with van der Waals surface area (Å²) in [5, 5.41) is 30.9. The van der Waals surface area contributed by atoms with E-state index in [1.165, 1.54) is 24.3 Å². The lowest BCUT2D eigenvalue weighted by molar-refractivity contribution is -0.127. The Morgan fingerprint density at radius 3 is 2.60 bits per heavy atom. The molecule has 6 nitrogen and oxygen atoms in total. The minimum atomic E-state index is -0.318. The Labute approximate surface area is 116 Å². The number of benzene rings is 1. The molecule has 1 aliphatic rings. The summed E-state index contributed by atoms with van der Waals surface area (Å²) in [6, 6.07) is 6.03. The summed E-state index contributed by atoms with van der Waals surface area (Å²) >= 11 is 0. The van der Waals surface area contributed by atoms with Gasteiger partial charge in [0.05, 0.1) is 0 Å². The van der Waals surface area contributed by atoms with Crippen LogP contribution in [-0.2, 0) is 4.79 Å². The molecule has 0 aromatic heterocycles. The summed E-state index contributed by atoms with van der Waals surface area (Å²) in [6.07, 6.45) is 1.41. The van der Waals surface area contributed by atoms with Gasteiger partial charge < -0.3 is 20.4 Å². The maximum absolute atomic E-state index is 12.2. The summed E-state index contributed by atoms with van der Waals surface area (Å²) < 4.78 is 0. The Hall–Kier alpha value is -2.52. The lowest BCUT2D eigenvalue weighted by Crippen LogP contribution is -2.46. The molecule has 0 bridgehead atoms. The van der Waals surface area contributed by atoms with Crippen LogP contribution in [0.4, 0.5) is 0 Å². The summed E-state index contributed by atoms with van der Waals surface area (Å²) in [4.78, 5) is 13.8. The monoisotopic (exact) mass is 273 g/mol. The molecule has 0 unspecified atom stereocenters. The van der Waals surface area contributed by atoms with Crippen molar-refractivity contribution in [1.29, 1.82) is 5.26 Å². The number of phenolic OH excluding ortho intramolecular Hbond substituents is 2. The Bertz CT molecular complexity index is 584. The van der Waals surface area contributed by atoms with Crippen molar-refractivity contribution < 1.29 is 15.0 Å². The highest BCUT2D eigenvalue weighted by molar-refractivity contribution is 6.01. The number of nitriles is 1. The first kappa shape index (κ1) is 13.9. The van der Waals surface area contributed by atoms with Gasteiger partial charge in [0, 0.05) is 26.2 Å². The number of carbonyl (C=O) groups is 1. The van der Waals surface area contributed by atoms with Crippen molar-refractivity contribution in [2.24, 2.45) is 0 Å². The average molecular weight is 273 g/mol. The van der Waals surface area contributed by atoms with Crippen LogP contribution in [-0.4, -0.2) is 47.2 Å². The standard InChI is InChI=1S/C14H15N3O3/c15-9-11(14(20)17-5-3-16-4-6-17)7-10-1-2-12(18)13(19)8-10/h1-2,7-8,16,18-19H,3-6H2. The van der Waals surface area contributed by atoms with Crippen molar-refractivity contribution in [3.05, 3.63) is 29.3 Å². The maximum atomic E-state index is 12.2. The van der Waals surface area contributed by atoms with Gasteiger partial charge in [0.15, 0.2) is 11.5 Å². The minimum absolute atomic E-state index is 0.0111. The van der Waals surface area contributed by atoms with E-state index in [4.69, 9.17) is 5.26 Å². The molecule has 0 spiro atoms. The zero-order valence-corrected chi connectivity index (χ0v) is 10.8. The molecule has 0 radical (unpaired) electrons. The number of amides is 1. The zero-order chi connectivity index (χ0) is 14.5. The Morgan fingerprint density at radius 2 is 2.00 bits per heavy atom. The zero-order valence-electron chi connectivity index (χ0n) is 10.8. The van der Waals surface area contributed by atoms with Gasteiger partial charge in [-0.05, 0) is 23.8 Å². The molecular weight excluding hydrogens is 258 g/mol. The van der Waals surface area contributed by atoms with Crippen molar-refractivity contribution in [3.63, 3.8) is 0 Å². The van der Waals surface area contributed by atoms with E-state index in [0.717, 1.165) is 0 Å². The molecule has 3 N–H and O–H groups in total. The Kier molecular flexibility index (Phi) is 4.23. The fourth-order valence-electron chi connectivity index (χ4n) is 1.98. The molecule has 1 heterocycles. The van der Waals surface area contributed by atoms with E-state index >= 15 is 0 Å². The second-order valence-corrected chi connectivity index (χ2v) is 4.46. The molecule has 1 saturated heterocycles. The normalized spacial score (nSPS) is 15.8. The first-order valence-corrected chi connectivity index (χ1v) is 6.25. The summed E-state index contributed by atoms with van der Waals surface area (Å²) in [7, 11) is 0. The molecule has 1 amide bonds. The molecule has 0 saturated carbocycles. The van der Waals surface area contributed by atoms with Crippen molar-refractivity contribution in [2.45, 2.75) is 0 Å². The average Bonchev–Trinajstić information content (AvgIpc) is 2.48. The topological polar surface area (TPSA) is 96.6 Å². The van der Waals surface area contributed by atoms with Gasteiger partial charge in [-0.3, -0.25) is 4.79 Å². The molecule has 1 fully saturated rings. The van der Waals surface area contributed by atoms with E-state index in [-0.39, 0.29) is 23.0 Å². The molecule has 20 heavy (non-hydrogen) atoms. The molecule has 104 valence electrons. The van der Waals surface area contributed by atoms with Crippen molar-refractivity contribution in [3.8, 4) is 17.6 Å². The molecule has 0 atom stereocenters. The van der Waals surface area contributed by atoms with E-state index in [9.17, 15) is 15.0 Å². The van der Waals surface area contributed by atoms with Crippen LogP contribution in [0.3, 0.4) is 0 Å². The summed E-state index contributed by atoms with van der Waals surface area (Å²) in [5.74, 6) is -0.846. The highest BCUT2D eigenvalue weighted by Crippen LogP contribution is 2.26. The number of carbonyl (C=O) groups excluding carboxylic acids is 1. The molecule has 1 aromatic carbocycles. The number of piperazine rings is 1. The van der Waals surface area contributed by atoms with Crippen molar-refractivity contribution in [2.75, 3.05) is 26.2 Å². The number of hydrogen-bond donors (Lipinski definition) is 3. The second-order valence-electron chi connectivity index (χ2n) is 4.46. The molecule has 1 aliphatic heterocycles. The third-order valence-electron chi connectivity index (χ3n) is 3.07. The fraction of sp³-hybridized carbons (Fsp3) is 0.286. The lowest BCUT2D eigenvalue weighted by Gasteiger charge is -2.27. The first-order valence-electron chi connectivity index (χ1n) is 6.25. The number of phenols is 2. The Morgan fingerprint density at radius 1 is 1.30 bits per heavy atom. The maximum Gasteiger partial charge on any atom is 0.264 e. The molecule has 6 heteroatoms. The van der Waals surface area contributed by atoms with Crippen LogP contribution < -0.4 is 5.32 Å². The number of nitrogens with one attached hydrogen (secondary N) is 1. The van der Waals surface area contributed by atoms with E-state index in [1.54, 1.807) is 4.90 Å². The van der Waals surface area contributed by atoms with Crippen LogP contribution in [0.1, 0.15) is 5.56 Å². The smallest absolute Gasteiger partial charge is 0.264 e. The lowest BCUT2D eigenvalue weighted by atomic mass is 10.1. The summed E-state index contributed by atoms with van der Waals surface area (Å²) in [6.45, 7) is 2.56. The van der Waals surface area contributed by atoms with Gasteiger partial charge in [-0.25, -0.2) is 0 Å². The number of hydrogen-bond acceptors (Lipinski definition) is 5. The molecule has 1 aromatic rings. The predicted octanol–water partition coefficient (Wildman–Crippen LogP) is 0.437. The van der Waals surface area contributed by atoms with Gasteiger partial charge in [0.2, 0.25) is 0 Å². The van der Waals surface area contributed by atoms with Crippen molar-refractivity contribution >= 4 is 12.0 Å². The third kappa shape index (κ3) is 3.08. The summed E-state index contributed by atoms with van der Waals surface area (Å²) in [5.41, 5.74) is 0.498. The van der Waals surface area contributed by atoms with E-state index in [1.807, 2.05) is 6.07 Å².